The van der Waals surface area contributed by atoms with E-state index in [1.165, 1.54) is 4.90 Å². The van der Waals surface area contributed by atoms with Crippen molar-refractivity contribution in [1.82, 2.24) is 15.2 Å². The maximum atomic E-state index is 12.2. The van der Waals surface area contributed by atoms with Gasteiger partial charge in [-0.3, -0.25) is 20.1 Å². The normalized spacial score (nSPS) is 20.9. The van der Waals surface area contributed by atoms with Crippen molar-refractivity contribution in [1.29, 1.82) is 5.41 Å². The molecule has 7 heteroatoms. The van der Waals surface area contributed by atoms with Crippen molar-refractivity contribution in [2.75, 3.05) is 14.2 Å². The van der Waals surface area contributed by atoms with Crippen LogP contribution in [0.3, 0.4) is 0 Å². The van der Waals surface area contributed by atoms with Gasteiger partial charge in [0.25, 0.3) is 0 Å². The van der Waals surface area contributed by atoms with Crippen LogP contribution in [-0.4, -0.2) is 35.9 Å². The van der Waals surface area contributed by atoms with Crippen molar-refractivity contribution in [3.05, 3.63) is 34.3 Å². The molecule has 0 aliphatic carbocycles. The van der Waals surface area contributed by atoms with Crippen LogP contribution < -0.4 is 10.1 Å². The summed E-state index contributed by atoms with van der Waals surface area (Å²) in [5.41, 5.74) is 2.57. The molecular formula is C17H20N4O2S. The van der Waals surface area contributed by atoms with Crippen LogP contribution in [0.15, 0.2) is 23.8 Å². The highest BCUT2D eigenvalue weighted by molar-refractivity contribution is 7.10. The third-order valence-electron chi connectivity index (χ3n) is 4.41. The maximum absolute atomic E-state index is 12.2. The summed E-state index contributed by atoms with van der Waals surface area (Å²) in [4.78, 5) is 18.8. The fourth-order valence-corrected chi connectivity index (χ4v) is 4.21. The Labute approximate surface area is 145 Å². The molecule has 126 valence electrons. The Morgan fingerprint density at radius 3 is 2.88 bits per heavy atom. The van der Waals surface area contributed by atoms with Gasteiger partial charge in [-0.25, -0.2) is 0 Å². The molecule has 3 rings (SSSR count). The zero-order valence-corrected chi connectivity index (χ0v) is 15.0. The predicted octanol–water partition coefficient (Wildman–Crippen LogP) is 2.73. The number of nitrogens with one attached hydrogen (secondary N) is 2. The van der Waals surface area contributed by atoms with E-state index in [-0.39, 0.29) is 11.9 Å². The van der Waals surface area contributed by atoms with Crippen molar-refractivity contribution >= 4 is 23.2 Å². The molecule has 0 spiro atoms. The van der Waals surface area contributed by atoms with Crippen LogP contribution in [0.4, 0.5) is 0 Å². The number of carbonyl (C=O) groups excluding carboxylic acids is 1. The van der Waals surface area contributed by atoms with Crippen molar-refractivity contribution in [2.45, 2.75) is 25.8 Å². The van der Waals surface area contributed by atoms with Gasteiger partial charge in [0, 0.05) is 23.7 Å². The van der Waals surface area contributed by atoms with E-state index in [9.17, 15) is 4.79 Å². The first-order valence-electron chi connectivity index (χ1n) is 7.57. The summed E-state index contributed by atoms with van der Waals surface area (Å²) in [7, 11) is 3.24. The number of pyridine rings is 1. The molecule has 0 bridgehead atoms. The zero-order chi connectivity index (χ0) is 17.5. The third-order valence-corrected chi connectivity index (χ3v) is 5.75. The number of aromatic nitrogens is 1. The molecular weight excluding hydrogens is 324 g/mol. The largest absolute Gasteiger partial charge is 0.495 e. The number of hydrogen-bond acceptors (Lipinski definition) is 5. The second kappa shape index (κ2) is 5.90. The number of thiophene rings is 1. The van der Waals surface area contributed by atoms with E-state index in [0.29, 0.717) is 12.2 Å². The highest BCUT2D eigenvalue weighted by Gasteiger charge is 2.40. The van der Waals surface area contributed by atoms with E-state index in [4.69, 9.17) is 10.1 Å². The number of nitrogens with zero attached hydrogens (tertiary/aromatic N) is 2. The van der Waals surface area contributed by atoms with Gasteiger partial charge in [-0.15, -0.1) is 11.3 Å². The van der Waals surface area contributed by atoms with Crippen LogP contribution in [-0.2, 0) is 10.3 Å². The number of amides is 1. The number of methoxy groups -OCH3 is 1. The van der Waals surface area contributed by atoms with Crippen LogP contribution in [0.5, 0.6) is 5.75 Å². The first kappa shape index (κ1) is 16.4. The molecule has 1 atom stereocenters. The minimum atomic E-state index is -0.569. The lowest BCUT2D eigenvalue weighted by Gasteiger charge is -2.39. The Morgan fingerprint density at radius 1 is 1.46 bits per heavy atom. The van der Waals surface area contributed by atoms with Gasteiger partial charge in [-0.05, 0) is 36.4 Å². The standard InChI is InChI=1S/C17H20N4O2S/c1-10-13(11-5-12(23-4)8-19-7-11)9-24-15(10)17(2)6-14(22)21(3)16(18)20-17/h5,7-9H,6H2,1-4H3,(H2,18,20)/t17-/m0/s1. The van der Waals surface area contributed by atoms with E-state index < -0.39 is 5.54 Å². The minimum absolute atomic E-state index is 0.0568. The minimum Gasteiger partial charge on any atom is -0.495 e. The van der Waals surface area contributed by atoms with Crippen molar-refractivity contribution in [3.8, 4) is 16.9 Å². The Balaban J connectivity index is 2.01. The molecule has 1 amide bonds. The number of hydrogen-bond donors (Lipinski definition) is 2. The van der Waals surface area contributed by atoms with Gasteiger partial charge in [0.15, 0.2) is 5.96 Å². The molecule has 24 heavy (non-hydrogen) atoms. The average Bonchev–Trinajstić information content (AvgIpc) is 2.95. The summed E-state index contributed by atoms with van der Waals surface area (Å²) in [6.45, 7) is 4.01. The van der Waals surface area contributed by atoms with Gasteiger partial charge < -0.3 is 10.1 Å². The van der Waals surface area contributed by atoms with E-state index >= 15 is 0 Å². The number of rotatable bonds is 3. The van der Waals surface area contributed by atoms with E-state index in [1.54, 1.807) is 37.9 Å². The Bertz CT molecular complexity index is 797. The second-order valence-electron chi connectivity index (χ2n) is 6.15. The molecule has 2 aromatic heterocycles. The summed E-state index contributed by atoms with van der Waals surface area (Å²) in [6.07, 6.45) is 3.80. The third kappa shape index (κ3) is 2.65. The van der Waals surface area contributed by atoms with Crippen molar-refractivity contribution in [2.24, 2.45) is 0 Å². The highest BCUT2D eigenvalue weighted by Crippen LogP contribution is 2.40. The second-order valence-corrected chi connectivity index (χ2v) is 7.03. The van der Waals surface area contributed by atoms with Gasteiger partial charge in [0.2, 0.25) is 5.91 Å². The van der Waals surface area contributed by atoms with Crippen molar-refractivity contribution in [3.63, 3.8) is 0 Å². The summed E-state index contributed by atoms with van der Waals surface area (Å²) in [5.74, 6) is 0.782. The van der Waals surface area contributed by atoms with Crippen LogP contribution in [0, 0.1) is 12.3 Å². The molecule has 3 heterocycles. The Morgan fingerprint density at radius 2 is 2.21 bits per heavy atom. The van der Waals surface area contributed by atoms with E-state index in [1.807, 2.05) is 19.9 Å². The highest BCUT2D eigenvalue weighted by atomic mass is 32.1. The van der Waals surface area contributed by atoms with Gasteiger partial charge in [-0.1, -0.05) is 0 Å². The fourth-order valence-electron chi connectivity index (χ4n) is 3.00. The van der Waals surface area contributed by atoms with E-state index in [0.717, 1.165) is 21.6 Å². The lowest BCUT2D eigenvalue weighted by atomic mass is 9.89. The SMILES string of the molecule is COc1cncc(-c2csc([C@]3(C)CC(=O)N(C)C(=N)N3)c2C)c1. The number of ether oxygens (including phenoxy) is 1. The molecule has 0 aromatic carbocycles. The zero-order valence-electron chi connectivity index (χ0n) is 14.1. The Kier molecular flexibility index (Phi) is 4.04. The number of carbonyl (C=O) groups is 1. The topological polar surface area (TPSA) is 78.3 Å². The molecule has 0 saturated carbocycles. The molecule has 0 unspecified atom stereocenters. The molecule has 1 aliphatic heterocycles. The molecule has 1 fully saturated rings. The van der Waals surface area contributed by atoms with Gasteiger partial charge in [0.1, 0.15) is 5.75 Å². The van der Waals surface area contributed by atoms with Gasteiger partial charge in [0.05, 0.1) is 25.3 Å². The summed E-state index contributed by atoms with van der Waals surface area (Å²) < 4.78 is 5.25. The summed E-state index contributed by atoms with van der Waals surface area (Å²) in [5, 5.41) is 13.2. The summed E-state index contributed by atoms with van der Waals surface area (Å²) in [6, 6.07) is 1.95. The fraction of sp³-hybridized carbons (Fsp3) is 0.353. The maximum Gasteiger partial charge on any atom is 0.231 e. The lowest BCUT2D eigenvalue weighted by molar-refractivity contribution is -0.129. The molecule has 6 nitrogen and oxygen atoms in total. The lowest BCUT2D eigenvalue weighted by Crippen LogP contribution is -2.58. The van der Waals surface area contributed by atoms with Crippen LogP contribution in [0.25, 0.3) is 11.1 Å². The quantitative estimate of drug-likeness (QED) is 0.897. The van der Waals surface area contributed by atoms with Crippen molar-refractivity contribution < 1.29 is 9.53 Å². The average molecular weight is 344 g/mol. The first-order valence-corrected chi connectivity index (χ1v) is 8.45. The molecule has 2 aromatic rings. The van der Waals surface area contributed by atoms with Crippen LogP contribution >= 0.6 is 11.3 Å². The molecule has 2 N–H and O–H groups in total. The van der Waals surface area contributed by atoms with Crippen LogP contribution in [0.2, 0.25) is 0 Å². The Hall–Kier alpha value is -2.41. The first-order chi connectivity index (χ1) is 11.4. The summed E-state index contributed by atoms with van der Waals surface area (Å²) >= 11 is 1.60. The smallest absolute Gasteiger partial charge is 0.231 e. The van der Waals surface area contributed by atoms with Gasteiger partial charge in [-0.2, -0.15) is 0 Å². The molecule has 1 saturated heterocycles. The van der Waals surface area contributed by atoms with Gasteiger partial charge >= 0.3 is 0 Å². The van der Waals surface area contributed by atoms with E-state index in [2.05, 4.69) is 15.7 Å². The van der Waals surface area contributed by atoms with Crippen LogP contribution in [0.1, 0.15) is 23.8 Å². The molecule has 1 aliphatic rings. The predicted molar refractivity (Wildman–Crippen MR) is 94.4 cm³/mol. The monoisotopic (exact) mass is 344 g/mol. The molecule has 0 radical (unpaired) electrons. The number of guanidine groups is 1.